The van der Waals surface area contributed by atoms with Crippen molar-refractivity contribution in [2.75, 3.05) is 6.61 Å². The Morgan fingerprint density at radius 3 is 2.29 bits per heavy atom. The zero-order valence-corrected chi connectivity index (χ0v) is 9.36. The molecule has 0 saturated heterocycles. The Morgan fingerprint density at radius 2 is 1.93 bits per heavy atom. The Labute approximate surface area is 85.8 Å². The van der Waals surface area contributed by atoms with Crippen molar-refractivity contribution < 1.29 is 14.6 Å². The van der Waals surface area contributed by atoms with Gasteiger partial charge < -0.3 is 9.84 Å². The molecule has 0 radical (unpaired) electrons. The molecule has 0 aromatic rings. The zero-order valence-electron chi connectivity index (χ0n) is 9.36. The minimum absolute atomic E-state index is 0.184. The van der Waals surface area contributed by atoms with Gasteiger partial charge in [-0.15, -0.1) is 0 Å². The lowest BCUT2D eigenvalue weighted by Gasteiger charge is -2.15. The molecule has 0 aromatic heterocycles. The van der Waals surface area contributed by atoms with E-state index >= 15 is 0 Å². The molecule has 0 bridgehead atoms. The Bertz CT molecular complexity index is 195. The summed E-state index contributed by atoms with van der Waals surface area (Å²) in [6.07, 6.45) is 2.81. The summed E-state index contributed by atoms with van der Waals surface area (Å²) in [5.74, 6) is -0.298. The van der Waals surface area contributed by atoms with Gasteiger partial charge in [-0.3, -0.25) is 4.79 Å². The summed E-state index contributed by atoms with van der Waals surface area (Å²) >= 11 is 0. The van der Waals surface area contributed by atoms with Crippen LogP contribution in [-0.2, 0) is 9.53 Å². The highest BCUT2D eigenvalue weighted by atomic mass is 16.5. The van der Waals surface area contributed by atoms with Crippen molar-refractivity contribution in [3.8, 4) is 0 Å². The van der Waals surface area contributed by atoms with E-state index in [4.69, 9.17) is 9.84 Å². The molecule has 0 saturated carbocycles. The average Bonchev–Trinajstić information content (AvgIpc) is 2.03. The summed E-state index contributed by atoms with van der Waals surface area (Å²) < 4.78 is 4.93. The SMILES string of the molecule is CCOC(=O)[C@@H](/C=C/[C@@H](C)O)C(C)C. The first-order valence-corrected chi connectivity index (χ1v) is 5.02. The second-order valence-electron chi connectivity index (χ2n) is 3.65. The van der Waals surface area contributed by atoms with Gasteiger partial charge in [-0.05, 0) is 19.8 Å². The van der Waals surface area contributed by atoms with E-state index in [1.807, 2.05) is 13.8 Å². The molecule has 0 unspecified atom stereocenters. The summed E-state index contributed by atoms with van der Waals surface area (Å²) in [4.78, 5) is 11.4. The zero-order chi connectivity index (χ0) is 11.1. The van der Waals surface area contributed by atoms with Crippen LogP contribution >= 0.6 is 0 Å². The molecule has 0 aliphatic heterocycles. The van der Waals surface area contributed by atoms with Crippen molar-refractivity contribution in [3.63, 3.8) is 0 Å². The Kier molecular flexibility index (Phi) is 6.21. The number of aliphatic hydroxyl groups is 1. The van der Waals surface area contributed by atoms with Gasteiger partial charge >= 0.3 is 5.97 Å². The first kappa shape index (κ1) is 13.2. The molecule has 0 aromatic carbocycles. The number of esters is 1. The van der Waals surface area contributed by atoms with E-state index in [2.05, 4.69) is 0 Å². The monoisotopic (exact) mass is 200 g/mol. The third-order valence-electron chi connectivity index (χ3n) is 1.87. The van der Waals surface area contributed by atoms with E-state index in [1.54, 1.807) is 26.0 Å². The number of hydrogen-bond donors (Lipinski definition) is 1. The third-order valence-corrected chi connectivity index (χ3v) is 1.87. The topological polar surface area (TPSA) is 46.5 Å². The number of aliphatic hydroxyl groups excluding tert-OH is 1. The molecule has 82 valence electrons. The van der Waals surface area contributed by atoms with Crippen molar-refractivity contribution in [3.05, 3.63) is 12.2 Å². The second kappa shape index (κ2) is 6.60. The highest BCUT2D eigenvalue weighted by Crippen LogP contribution is 2.14. The van der Waals surface area contributed by atoms with Crippen molar-refractivity contribution >= 4 is 5.97 Å². The molecule has 3 nitrogen and oxygen atoms in total. The fourth-order valence-electron chi connectivity index (χ4n) is 1.09. The molecule has 0 amide bonds. The van der Waals surface area contributed by atoms with Gasteiger partial charge in [-0.1, -0.05) is 26.0 Å². The molecular formula is C11H20O3. The smallest absolute Gasteiger partial charge is 0.313 e. The number of ether oxygens (including phenoxy) is 1. The molecule has 0 heterocycles. The molecular weight excluding hydrogens is 180 g/mol. The lowest BCUT2D eigenvalue weighted by atomic mass is 9.95. The summed E-state index contributed by atoms with van der Waals surface area (Å²) in [7, 11) is 0. The number of hydrogen-bond acceptors (Lipinski definition) is 3. The van der Waals surface area contributed by atoms with Crippen LogP contribution in [0.3, 0.4) is 0 Å². The van der Waals surface area contributed by atoms with Crippen molar-refractivity contribution in [2.24, 2.45) is 11.8 Å². The summed E-state index contributed by atoms with van der Waals surface area (Å²) in [6.45, 7) is 7.74. The number of carbonyl (C=O) groups is 1. The van der Waals surface area contributed by atoms with Crippen molar-refractivity contribution in [2.45, 2.75) is 33.8 Å². The fraction of sp³-hybridized carbons (Fsp3) is 0.727. The van der Waals surface area contributed by atoms with Crippen LogP contribution in [0.4, 0.5) is 0 Å². The fourth-order valence-corrected chi connectivity index (χ4v) is 1.09. The van der Waals surface area contributed by atoms with Crippen LogP contribution in [0.2, 0.25) is 0 Å². The minimum atomic E-state index is -0.523. The molecule has 2 atom stereocenters. The van der Waals surface area contributed by atoms with Crippen LogP contribution in [0.15, 0.2) is 12.2 Å². The van der Waals surface area contributed by atoms with Crippen LogP contribution < -0.4 is 0 Å². The molecule has 0 aliphatic carbocycles. The maximum absolute atomic E-state index is 11.4. The maximum atomic E-state index is 11.4. The molecule has 1 N–H and O–H groups in total. The van der Waals surface area contributed by atoms with Gasteiger partial charge in [0.15, 0.2) is 0 Å². The van der Waals surface area contributed by atoms with Crippen molar-refractivity contribution in [1.29, 1.82) is 0 Å². The van der Waals surface area contributed by atoms with E-state index in [9.17, 15) is 4.79 Å². The summed E-state index contributed by atoms with van der Waals surface area (Å²) in [5.41, 5.74) is 0. The molecule has 0 aliphatic rings. The standard InChI is InChI=1S/C11H20O3/c1-5-14-11(13)10(8(2)3)7-6-9(4)12/h6-10,12H,5H2,1-4H3/b7-6+/t9-,10+/m1/s1. The van der Waals surface area contributed by atoms with Crippen LogP contribution in [0, 0.1) is 11.8 Å². The molecule has 0 spiro atoms. The number of rotatable bonds is 5. The van der Waals surface area contributed by atoms with Crippen molar-refractivity contribution in [1.82, 2.24) is 0 Å². The van der Waals surface area contributed by atoms with Crippen LogP contribution in [0.25, 0.3) is 0 Å². The van der Waals surface area contributed by atoms with E-state index in [0.29, 0.717) is 6.61 Å². The summed E-state index contributed by atoms with van der Waals surface area (Å²) in [5, 5.41) is 9.06. The maximum Gasteiger partial charge on any atom is 0.313 e. The van der Waals surface area contributed by atoms with E-state index < -0.39 is 6.10 Å². The van der Waals surface area contributed by atoms with Gasteiger partial charge in [-0.25, -0.2) is 0 Å². The largest absolute Gasteiger partial charge is 0.466 e. The molecule has 0 fully saturated rings. The summed E-state index contributed by atoms with van der Waals surface area (Å²) in [6, 6.07) is 0. The van der Waals surface area contributed by atoms with Crippen LogP contribution in [-0.4, -0.2) is 23.8 Å². The predicted molar refractivity (Wildman–Crippen MR) is 55.8 cm³/mol. The van der Waals surface area contributed by atoms with Gasteiger partial charge in [0.2, 0.25) is 0 Å². The predicted octanol–water partition coefficient (Wildman–Crippen LogP) is 1.76. The molecule has 14 heavy (non-hydrogen) atoms. The molecule has 3 heteroatoms. The lowest BCUT2D eigenvalue weighted by Crippen LogP contribution is -2.21. The lowest BCUT2D eigenvalue weighted by molar-refractivity contribution is -0.147. The Hall–Kier alpha value is -0.830. The Morgan fingerprint density at radius 1 is 1.36 bits per heavy atom. The number of carbonyl (C=O) groups excluding carboxylic acids is 1. The van der Waals surface area contributed by atoms with E-state index in [0.717, 1.165) is 0 Å². The third kappa shape index (κ3) is 5.02. The Balaban J connectivity index is 4.36. The quantitative estimate of drug-likeness (QED) is 0.543. The van der Waals surface area contributed by atoms with Crippen LogP contribution in [0.5, 0.6) is 0 Å². The van der Waals surface area contributed by atoms with Gasteiger partial charge in [-0.2, -0.15) is 0 Å². The van der Waals surface area contributed by atoms with Gasteiger partial charge in [0.25, 0.3) is 0 Å². The first-order chi connectivity index (χ1) is 6.49. The second-order valence-corrected chi connectivity index (χ2v) is 3.65. The van der Waals surface area contributed by atoms with Gasteiger partial charge in [0, 0.05) is 0 Å². The average molecular weight is 200 g/mol. The minimum Gasteiger partial charge on any atom is -0.466 e. The van der Waals surface area contributed by atoms with Gasteiger partial charge in [0.05, 0.1) is 18.6 Å². The highest BCUT2D eigenvalue weighted by Gasteiger charge is 2.20. The van der Waals surface area contributed by atoms with Gasteiger partial charge in [0.1, 0.15) is 0 Å². The first-order valence-electron chi connectivity index (χ1n) is 5.02. The molecule has 0 rings (SSSR count). The van der Waals surface area contributed by atoms with Crippen LogP contribution in [0.1, 0.15) is 27.7 Å². The van der Waals surface area contributed by atoms with E-state index in [1.165, 1.54) is 0 Å². The highest BCUT2D eigenvalue weighted by molar-refractivity contribution is 5.74. The van der Waals surface area contributed by atoms with E-state index in [-0.39, 0.29) is 17.8 Å². The normalized spacial score (nSPS) is 15.9.